The standard InChI is InChI=1S/C32H31N5O4S/c1-22-13-15-26(16-14-22)42(40,41)37-28-12-5-3-9-24(28)20-29(37)31(38)35-32(39)36(19-17-25-10-6-7-18-33-25)30-21-23-8-2-4-11-27(23)34-30/h2-16,18,29-30,34H,17,19-21H2,1H3,(H,35,38,39). The van der Waals surface area contributed by atoms with E-state index in [2.05, 4.69) is 15.6 Å². The number of para-hydroxylation sites is 2. The molecular formula is C32H31N5O4S. The van der Waals surface area contributed by atoms with Gasteiger partial charge in [-0.2, -0.15) is 0 Å². The average molecular weight is 582 g/mol. The predicted molar refractivity (Wildman–Crippen MR) is 161 cm³/mol. The normalized spacial score (nSPS) is 17.2. The van der Waals surface area contributed by atoms with Crippen molar-refractivity contribution in [3.63, 3.8) is 0 Å². The van der Waals surface area contributed by atoms with Gasteiger partial charge in [-0.25, -0.2) is 13.2 Å². The third kappa shape index (κ3) is 5.33. The van der Waals surface area contributed by atoms with Crippen molar-refractivity contribution in [1.29, 1.82) is 0 Å². The molecule has 214 valence electrons. The van der Waals surface area contributed by atoms with Gasteiger partial charge in [0, 0.05) is 43.4 Å². The number of urea groups is 1. The van der Waals surface area contributed by atoms with E-state index in [1.54, 1.807) is 41.4 Å². The minimum Gasteiger partial charge on any atom is -0.365 e. The number of nitrogens with one attached hydrogen (secondary N) is 2. The monoisotopic (exact) mass is 581 g/mol. The summed E-state index contributed by atoms with van der Waals surface area (Å²) in [5.41, 5.74) is 4.91. The maximum Gasteiger partial charge on any atom is 0.325 e. The highest BCUT2D eigenvalue weighted by molar-refractivity contribution is 7.93. The topological polar surface area (TPSA) is 112 Å². The van der Waals surface area contributed by atoms with E-state index in [-0.39, 0.29) is 17.5 Å². The Hall–Kier alpha value is -4.70. The lowest BCUT2D eigenvalue weighted by Gasteiger charge is -2.31. The summed E-state index contributed by atoms with van der Waals surface area (Å²) in [5, 5.41) is 5.94. The summed E-state index contributed by atoms with van der Waals surface area (Å²) >= 11 is 0. The minimum atomic E-state index is -4.09. The Morgan fingerprint density at radius 2 is 1.64 bits per heavy atom. The van der Waals surface area contributed by atoms with Crippen molar-refractivity contribution < 1.29 is 18.0 Å². The summed E-state index contributed by atoms with van der Waals surface area (Å²) < 4.78 is 28.9. The Bertz CT molecular complexity index is 1700. The molecule has 3 heterocycles. The molecule has 6 rings (SSSR count). The smallest absolute Gasteiger partial charge is 0.325 e. The van der Waals surface area contributed by atoms with Crippen molar-refractivity contribution in [2.45, 2.75) is 43.3 Å². The number of hydrogen-bond acceptors (Lipinski definition) is 6. The lowest BCUT2D eigenvalue weighted by Crippen LogP contribution is -2.55. The number of anilines is 2. The highest BCUT2D eigenvalue weighted by Crippen LogP contribution is 2.37. The first-order chi connectivity index (χ1) is 20.3. The Kier molecular flexibility index (Phi) is 7.38. The summed E-state index contributed by atoms with van der Waals surface area (Å²) in [6.45, 7) is 2.18. The van der Waals surface area contributed by atoms with Crippen LogP contribution in [0.5, 0.6) is 0 Å². The fraction of sp³-hybridized carbons (Fsp3) is 0.219. The predicted octanol–water partition coefficient (Wildman–Crippen LogP) is 4.29. The van der Waals surface area contributed by atoms with Crippen molar-refractivity contribution in [2.75, 3.05) is 16.2 Å². The Labute approximate surface area is 245 Å². The quantitative estimate of drug-likeness (QED) is 0.337. The third-order valence-corrected chi connectivity index (χ3v) is 9.60. The van der Waals surface area contributed by atoms with Gasteiger partial charge in [-0.05, 0) is 54.4 Å². The molecule has 9 nitrogen and oxygen atoms in total. The summed E-state index contributed by atoms with van der Waals surface area (Å²) in [7, 11) is -4.09. The first kappa shape index (κ1) is 27.5. The summed E-state index contributed by atoms with van der Waals surface area (Å²) in [5.74, 6) is -0.676. The molecule has 3 amide bonds. The van der Waals surface area contributed by atoms with Gasteiger partial charge in [0.1, 0.15) is 12.2 Å². The van der Waals surface area contributed by atoms with Gasteiger partial charge < -0.3 is 10.2 Å². The van der Waals surface area contributed by atoms with Gasteiger partial charge in [-0.1, -0.05) is 60.2 Å². The van der Waals surface area contributed by atoms with Crippen molar-refractivity contribution in [3.05, 3.63) is 120 Å². The van der Waals surface area contributed by atoms with Crippen LogP contribution in [-0.2, 0) is 34.1 Å². The number of amides is 3. The van der Waals surface area contributed by atoms with Crippen LogP contribution < -0.4 is 14.9 Å². The van der Waals surface area contributed by atoms with Crippen molar-refractivity contribution in [1.82, 2.24) is 15.2 Å². The maximum absolute atomic E-state index is 13.9. The SMILES string of the molecule is Cc1ccc(S(=O)(=O)N2c3ccccc3CC2C(=O)NC(=O)N(CCc2ccccn2)C2Cc3ccccc3N2)cc1. The van der Waals surface area contributed by atoms with Gasteiger partial charge in [-0.3, -0.25) is 19.4 Å². The van der Waals surface area contributed by atoms with Gasteiger partial charge in [-0.15, -0.1) is 0 Å². The number of carbonyl (C=O) groups is 2. The van der Waals surface area contributed by atoms with Crippen LogP contribution in [0, 0.1) is 6.92 Å². The molecule has 0 saturated heterocycles. The zero-order valence-corrected chi connectivity index (χ0v) is 23.9. The van der Waals surface area contributed by atoms with Crippen LogP contribution in [0.3, 0.4) is 0 Å². The molecular weight excluding hydrogens is 550 g/mol. The fourth-order valence-corrected chi connectivity index (χ4v) is 7.23. The van der Waals surface area contributed by atoms with E-state index in [1.165, 1.54) is 12.1 Å². The molecule has 0 fully saturated rings. The van der Waals surface area contributed by atoms with Crippen LogP contribution in [-0.4, -0.2) is 49.0 Å². The van der Waals surface area contributed by atoms with Crippen LogP contribution in [0.15, 0.2) is 102 Å². The second-order valence-electron chi connectivity index (χ2n) is 10.5. The Morgan fingerprint density at radius 3 is 2.38 bits per heavy atom. The number of carbonyl (C=O) groups excluding carboxylic acids is 2. The van der Waals surface area contributed by atoms with E-state index in [0.717, 1.165) is 32.4 Å². The van der Waals surface area contributed by atoms with Crippen LogP contribution >= 0.6 is 0 Å². The third-order valence-electron chi connectivity index (χ3n) is 7.76. The van der Waals surface area contributed by atoms with E-state index < -0.39 is 28.0 Å². The second kappa shape index (κ2) is 11.3. The van der Waals surface area contributed by atoms with E-state index in [9.17, 15) is 18.0 Å². The van der Waals surface area contributed by atoms with Crippen molar-refractivity contribution >= 4 is 33.3 Å². The zero-order valence-electron chi connectivity index (χ0n) is 23.1. The molecule has 4 aromatic rings. The highest BCUT2D eigenvalue weighted by atomic mass is 32.2. The number of aromatic nitrogens is 1. The number of fused-ring (bicyclic) bond motifs is 2. The van der Waals surface area contributed by atoms with Gasteiger partial charge >= 0.3 is 6.03 Å². The van der Waals surface area contributed by atoms with Gasteiger partial charge in [0.05, 0.1) is 10.6 Å². The summed E-state index contributed by atoms with van der Waals surface area (Å²) in [4.78, 5) is 33.6. The molecule has 42 heavy (non-hydrogen) atoms. The van der Waals surface area contributed by atoms with E-state index in [4.69, 9.17) is 0 Å². The molecule has 2 unspecified atom stereocenters. The number of rotatable bonds is 7. The first-order valence-corrected chi connectivity index (χ1v) is 15.3. The van der Waals surface area contributed by atoms with E-state index in [0.29, 0.717) is 25.1 Å². The first-order valence-electron chi connectivity index (χ1n) is 13.9. The largest absolute Gasteiger partial charge is 0.365 e. The lowest BCUT2D eigenvalue weighted by molar-refractivity contribution is -0.121. The van der Waals surface area contributed by atoms with Crippen LogP contribution in [0.25, 0.3) is 0 Å². The number of pyridine rings is 1. The van der Waals surface area contributed by atoms with E-state index >= 15 is 0 Å². The molecule has 0 spiro atoms. The second-order valence-corrected chi connectivity index (χ2v) is 12.4. The molecule has 0 saturated carbocycles. The Morgan fingerprint density at radius 1 is 0.929 bits per heavy atom. The minimum absolute atomic E-state index is 0.0823. The zero-order chi connectivity index (χ0) is 29.3. The number of sulfonamides is 1. The fourth-order valence-electron chi connectivity index (χ4n) is 5.58. The number of hydrogen-bond donors (Lipinski definition) is 2. The number of benzene rings is 3. The molecule has 2 atom stereocenters. The molecule has 3 aromatic carbocycles. The molecule has 0 aliphatic carbocycles. The highest BCUT2D eigenvalue weighted by Gasteiger charge is 2.43. The molecule has 2 aliphatic rings. The molecule has 10 heteroatoms. The summed E-state index contributed by atoms with van der Waals surface area (Å²) in [6, 6.07) is 25.3. The molecule has 0 bridgehead atoms. The molecule has 2 aliphatic heterocycles. The van der Waals surface area contributed by atoms with Gasteiger partial charge in [0.25, 0.3) is 15.9 Å². The average Bonchev–Trinajstić information content (AvgIpc) is 3.60. The van der Waals surface area contributed by atoms with Crippen LogP contribution in [0.2, 0.25) is 0 Å². The van der Waals surface area contributed by atoms with Crippen molar-refractivity contribution in [2.24, 2.45) is 0 Å². The number of aryl methyl sites for hydroxylation is 1. The summed E-state index contributed by atoms with van der Waals surface area (Å²) in [6.07, 6.45) is 2.53. The maximum atomic E-state index is 13.9. The van der Waals surface area contributed by atoms with Crippen molar-refractivity contribution in [3.8, 4) is 0 Å². The molecule has 0 radical (unpaired) electrons. The van der Waals surface area contributed by atoms with E-state index in [1.807, 2.05) is 55.5 Å². The number of nitrogens with zero attached hydrogens (tertiary/aromatic N) is 3. The van der Waals surface area contributed by atoms with Crippen LogP contribution in [0.4, 0.5) is 16.2 Å². The molecule has 1 aromatic heterocycles. The van der Waals surface area contributed by atoms with Crippen LogP contribution in [0.1, 0.15) is 22.4 Å². The Balaban J connectivity index is 1.26. The number of imide groups is 1. The van der Waals surface area contributed by atoms with Gasteiger partial charge in [0.15, 0.2) is 0 Å². The lowest BCUT2D eigenvalue weighted by atomic mass is 10.1. The van der Waals surface area contributed by atoms with Gasteiger partial charge in [0.2, 0.25) is 0 Å². The molecule has 2 N–H and O–H groups in total.